The Morgan fingerprint density at radius 1 is 0.889 bits per heavy atom. The summed E-state index contributed by atoms with van der Waals surface area (Å²) < 4.78 is 0.945. The maximum atomic E-state index is 12.4. The van der Waals surface area contributed by atoms with Crippen LogP contribution in [0.5, 0.6) is 0 Å². The van der Waals surface area contributed by atoms with Crippen molar-refractivity contribution in [3.8, 4) is 0 Å². The number of nitrogens with one attached hydrogen (secondary N) is 2. The van der Waals surface area contributed by atoms with Crippen LogP contribution >= 0.6 is 15.9 Å². The predicted molar refractivity (Wildman–Crippen MR) is 112 cm³/mol. The SMILES string of the molecule is Cc1cc(Br)ccc1C(=O)Nc1ccc(NC(=O)N2CCCCCC2)cc1. The number of urea groups is 1. The highest BCUT2D eigenvalue weighted by Gasteiger charge is 2.15. The lowest BCUT2D eigenvalue weighted by Gasteiger charge is -2.20. The molecule has 1 aliphatic heterocycles. The highest BCUT2D eigenvalue weighted by Crippen LogP contribution is 2.19. The molecular formula is C21H24BrN3O2. The minimum atomic E-state index is -0.152. The molecule has 142 valence electrons. The third-order valence-electron chi connectivity index (χ3n) is 4.72. The van der Waals surface area contributed by atoms with Crippen molar-refractivity contribution in [3.63, 3.8) is 0 Å². The average molecular weight is 430 g/mol. The van der Waals surface area contributed by atoms with Gasteiger partial charge in [-0.05, 0) is 67.8 Å². The molecule has 0 spiro atoms. The molecule has 2 aromatic carbocycles. The maximum Gasteiger partial charge on any atom is 0.321 e. The van der Waals surface area contributed by atoms with Gasteiger partial charge in [0.05, 0.1) is 0 Å². The summed E-state index contributed by atoms with van der Waals surface area (Å²) in [6, 6.07) is 12.7. The smallest absolute Gasteiger partial charge is 0.321 e. The molecule has 1 fully saturated rings. The number of carbonyl (C=O) groups is 2. The van der Waals surface area contributed by atoms with E-state index in [1.165, 1.54) is 12.8 Å². The number of likely N-dealkylation sites (tertiary alicyclic amines) is 1. The van der Waals surface area contributed by atoms with Gasteiger partial charge >= 0.3 is 6.03 Å². The van der Waals surface area contributed by atoms with Gasteiger partial charge < -0.3 is 15.5 Å². The van der Waals surface area contributed by atoms with E-state index in [0.29, 0.717) is 11.3 Å². The number of carbonyl (C=O) groups excluding carboxylic acids is 2. The molecule has 6 heteroatoms. The summed E-state index contributed by atoms with van der Waals surface area (Å²) in [4.78, 5) is 26.7. The Morgan fingerprint density at radius 3 is 2.07 bits per heavy atom. The van der Waals surface area contributed by atoms with E-state index in [9.17, 15) is 9.59 Å². The summed E-state index contributed by atoms with van der Waals surface area (Å²) in [5.41, 5.74) is 2.96. The minimum Gasteiger partial charge on any atom is -0.325 e. The normalized spacial score (nSPS) is 14.4. The Bertz CT molecular complexity index is 813. The van der Waals surface area contributed by atoms with E-state index >= 15 is 0 Å². The lowest BCUT2D eigenvalue weighted by atomic mass is 10.1. The number of hydrogen-bond acceptors (Lipinski definition) is 2. The molecule has 2 aromatic rings. The number of halogens is 1. The highest BCUT2D eigenvalue weighted by atomic mass is 79.9. The van der Waals surface area contributed by atoms with Crippen LogP contribution in [0.4, 0.5) is 16.2 Å². The molecule has 0 atom stereocenters. The number of anilines is 2. The highest BCUT2D eigenvalue weighted by molar-refractivity contribution is 9.10. The van der Waals surface area contributed by atoms with Gasteiger partial charge in [-0.2, -0.15) is 0 Å². The minimum absolute atomic E-state index is 0.0563. The van der Waals surface area contributed by atoms with Crippen molar-refractivity contribution in [2.24, 2.45) is 0 Å². The van der Waals surface area contributed by atoms with Gasteiger partial charge in [-0.25, -0.2) is 4.79 Å². The van der Waals surface area contributed by atoms with E-state index in [4.69, 9.17) is 0 Å². The predicted octanol–water partition coefficient (Wildman–Crippen LogP) is 5.42. The Balaban J connectivity index is 1.59. The second-order valence-electron chi connectivity index (χ2n) is 6.82. The molecule has 3 rings (SSSR count). The van der Waals surface area contributed by atoms with Crippen molar-refractivity contribution in [1.29, 1.82) is 0 Å². The molecule has 0 saturated carbocycles. The monoisotopic (exact) mass is 429 g/mol. The first kappa shape index (κ1) is 19.4. The van der Waals surface area contributed by atoms with Crippen molar-refractivity contribution >= 4 is 39.2 Å². The van der Waals surface area contributed by atoms with Gasteiger partial charge in [0.2, 0.25) is 0 Å². The fourth-order valence-corrected chi connectivity index (χ4v) is 3.67. The zero-order valence-corrected chi connectivity index (χ0v) is 17.0. The Kier molecular flexibility index (Phi) is 6.50. The second-order valence-corrected chi connectivity index (χ2v) is 7.74. The van der Waals surface area contributed by atoms with Crippen LogP contribution in [0.15, 0.2) is 46.9 Å². The molecule has 0 aromatic heterocycles. The molecular weight excluding hydrogens is 406 g/mol. The van der Waals surface area contributed by atoms with Crippen LogP contribution in [-0.4, -0.2) is 29.9 Å². The Labute approximate surface area is 168 Å². The maximum absolute atomic E-state index is 12.4. The van der Waals surface area contributed by atoms with Crippen molar-refractivity contribution in [2.75, 3.05) is 23.7 Å². The molecule has 27 heavy (non-hydrogen) atoms. The summed E-state index contributed by atoms with van der Waals surface area (Å²) in [6.45, 7) is 3.53. The third-order valence-corrected chi connectivity index (χ3v) is 5.21. The first-order valence-electron chi connectivity index (χ1n) is 9.26. The molecule has 0 bridgehead atoms. The third kappa shape index (κ3) is 5.32. The number of aryl methyl sites for hydroxylation is 1. The molecule has 1 saturated heterocycles. The van der Waals surface area contributed by atoms with Crippen LogP contribution in [0.3, 0.4) is 0 Å². The van der Waals surface area contributed by atoms with Gasteiger partial charge in [-0.1, -0.05) is 28.8 Å². The quantitative estimate of drug-likeness (QED) is 0.683. The number of nitrogens with zero attached hydrogens (tertiary/aromatic N) is 1. The summed E-state index contributed by atoms with van der Waals surface area (Å²) >= 11 is 3.40. The fraction of sp³-hybridized carbons (Fsp3) is 0.333. The van der Waals surface area contributed by atoms with Gasteiger partial charge in [-0.15, -0.1) is 0 Å². The van der Waals surface area contributed by atoms with Gasteiger partial charge in [0.25, 0.3) is 5.91 Å². The molecule has 5 nitrogen and oxygen atoms in total. The summed E-state index contributed by atoms with van der Waals surface area (Å²) in [5, 5.41) is 5.83. The molecule has 0 radical (unpaired) electrons. The molecule has 0 unspecified atom stereocenters. The lowest BCUT2D eigenvalue weighted by molar-refractivity contribution is 0.102. The summed E-state index contributed by atoms with van der Waals surface area (Å²) in [7, 11) is 0. The van der Waals surface area contributed by atoms with Crippen molar-refractivity contribution in [3.05, 3.63) is 58.1 Å². The molecule has 1 heterocycles. The van der Waals surface area contributed by atoms with Gasteiger partial charge in [0.15, 0.2) is 0 Å². The first-order chi connectivity index (χ1) is 13.0. The fourth-order valence-electron chi connectivity index (χ4n) is 3.19. The topological polar surface area (TPSA) is 61.4 Å². The van der Waals surface area contributed by atoms with Gasteiger partial charge in [0, 0.05) is 34.5 Å². The standard InChI is InChI=1S/C21H24BrN3O2/c1-15-14-16(22)6-11-19(15)20(26)23-17-7-9-18(10-8-17)24-21(27)25-12-4-2-3-5-13-25/h6-11,14H,2-5,12-13H2,1H3,(H,23,26)(H,24,27). The van der Waals surface area contributed by atoms with E-state index < -0.39 is 0 Å². The van der Waals surface area contributed by atoms with Crippen LogP contribution in [0.25, 0.3) is 0 Å². The number of benzene rings is 2. The lowest BCUT2D eigenvalue weighted by Crippen LogP contribution is -2.35. The largest absolute Gasteiger partial charge is 0.325 e. The zero-order valence-electron chi connectivity index (χ0n) is 15.4. The molecule has 3 amide bonds. The van der Waals surface area contributed by atoms with E-state index in [2.05, 4.69) is 26.6 Å². The average Bonchev–Trinajstić information content (AvgIpc) is 2.92. The van der Waals surface area contributed by atoms with Crippen molar-refractivity contribution < 1.29 is 9.59 Å². The van der Waals surface area contributed by atoms with Crippen LogP contribution in [0.2, 0.25) is 0 Å². The Morgan fingerprint density at radius 2 is 1.48 bits per heavy atom. The second kappa shape index (κ2) is 9.04. The van der Waals surface area contributed by atoms with Crippen LogP contribution < -0.4 is 10.6 Å². The van der Waals surface area contributed by atoms with E-state index in [0.717, 1.165) is 41.7 Å². The molecule has 2 N–H and O–H groups in total. The van der Waals surface area contributed by atoms with E-state index in [1.807, 2.05) is 24.0 Å². The van der Waals surface area contributed by atoms with Crippen LogP contribution in [0, 0.1) is 6.92 Å². The number of amides is 3. The first-order valence-corrected chi connectivity index (χ1v) is 10.1. The van der Waals surface area contributed by atoms with Crippen LogP contribution in [0.1, 0.15) is 41.6 Å². The number of rotatable bonds is 3. The van der Waals surface area contributed by atoms with Crippen molar-refractivity contribution in [1.82, 2.24) is 4.90 Å². The van der Waals surface area contributed by atoms with Gasteiger partial charge in [0.1, 0.15) is 0 Å². The van der Waals surface area contributed by atoms with E-state index in [-0.39, 0.29) is 11.9 Å². The summed E-state index contributed by atoms with van der Waals surface area (Å²) in [6.07, 6.45) is 4.51. The van der Waals surface area contributed by atoms with Gasteiger partial charge in [-0.3, -0.25) is 4.79 Å². The zero-order chi connectivity index (χ0) is 19.2. The van der Waals surface area contributed by atoms with Crippen LogP contribution in [-0.2, 0) is 0 Å². The van der Waals surface area contributed by atoms with E-state index in [1.54, 1.807) is 30.3 Å². The molecule has 0 aliphatic carbocycles. The van der Waals surface area contributed by atoms with Crippen molar-refractivity contribution in [2.45, 2.75) is 32.6 Å². The number of hydrogen-bond donors (Lipinski definition) is 2. The summed E-state index contributed by atoms with van der Waals surface area (Å²) in [5.74, 6) is -0.152. The molecule has 1 aliphatic rings. The Hall–Kier alpha value is -2.34.